The van der Waals surface area contributed by atoms with Crippen molar-refractivity contribution in [1.29, 1.82) is 0 Å². The highest BCUT2D eigenvalue weighted by Crippen LogP contribution is 2.54. The van der Waals surface area contributed by atoms with Crippen LogP contribution in [0.2, 0.25) is 0 Å². The maximum Gasteiger partial charge on any atom is 0.136 e. The van der Waals surface area contributed by atoms with Crippen molar-refractivity contribution in [2.24, 2.45) is 5.41 Å². The Morgan fingerprint density at radius 3 is 2.81 bits per heavy atom. The predicted molar refractivity (Wildman–Crippen MR) is 66.8 cm³/mol. The minimum Gasteiger partial charge on any atom is -0.299 e. The molecule has 0 spiro atoms. The highest BCUT2D eigenvalue weighted by atomic mass is 32.2. The summed E-state index contributed by atoms with van der Waals surface area (Å²) >= 11 is 1.97. The number of thioether (sulfide) groups is 1. The lowest BCUT2D eigenvalue weighted by molar-refractivity contribution is -0.122. The molecule has 1 aliphatic heterocycles. The van der Waals surface area contributed by atoms with E-state index < -0.39 is 0 Å². The Hall–Kier alpha value is -0.760. The highest BCUT2D eigenvalue weighted by molar-refractivity contribution is 8.00. The number of carbonyl (C=O) groups is 1. The molecule has 1 fully saturated rings. The van der Waals surface area contributed by atoms with Gasteiger partial charge in [0.2, 0.25) is 0 Å². The van der Waals surface area contributed by atoms with E-state index in [4.69, 9.17) is 0 Å². The van der Waals surface area contributed by atoms with Crippen LogP contribution >= 0.6 is 11.8 Å². The lowest BCUT2D eigenvalue weighted by Gasteiger charge is -2.15. The van der Waals surface area contributed by atoms with Crippen molar-refractivity contribution in [3.63, 3.8) is 0 Å². The van der Waals surface area contributed by atoms with E-state index in [1.54, 1.807) is 6.92 Å². The number of benzene rings is 1. The first-order chi connectivity index (χ1) is 7.70. The summed E-state index contributed by atoms with van der Waals surface area (Å²) in [4.78, 5) is 13.0. The fourth-order valence-electron chi connectivity index (χ4n) is 2.65. The molecule has 1 saturated carbocycles. The van der Waals surface area contributed by atoms with Crippen molar-refractivity contribution in [3.8, 4) is 0 Å². The quantitative estimate of drug-likeness (QED) is 0.794. The van der Waals surface area contributed by atoms with Crippen molar-refractivity contribution in [3.05, 3.63) is 29.8 Å². The summed E-state index contributed by atoms with van der Waals surface area (Å²) in [6.07, 6.45) is 4.48. The van der Waals surface area contributed by atoms with Gasteiger partial charge < -0.3 is 0 Å². The minimum atomic E-state index is 0.0692. The molecule has 2 heteroatoms. The molecule has 1 aliphatic carbocycles. The molecule has 1 aromatic carbocycles. The van der Waals surface area contributed by atoms with Crippen LogP contribution in [0.15, 0.2) is 29.2 Å². The standard InChI is InChI=1S/C14H16OS/c1-10(15)14(6-7-14)9-12-8-11-4-2-3-5-13(11)16-12/h2-5,12H,6-9H2,1H3. The number of rotatable bonds is 3. The molecule has 84 valence electrons. The largest absolute Gasteiger partial charge is 0.299 e. The van der Waals surface area contributed by atoms with Gasteiger partial charge in [0.05, 0.1) is 0 Å². The van der Waals surface area contributed by atoms with Crippen LogP contribution in [0.5, 0.6) is 0 Å². The Labute approximate surface area is 101 Å². The fraction of sp³-hybridized carbons (Fsp3) is 0.500. The summed E-state index contributed by atoms with van der Waals surface area (Å²) in [6, 6.07) is 8.63. The van der Waals surface area contributed by atoms with Crippen LogP contribution in [0.1, 0.15) is 31.7 Å². The zero-order chi connectivity index (χ0) is 11.2. The third-order valence-electron chi connectivity index (χ3n) is 3.93. The van der Waals surface area contributed by atoms with Gasteiger partial charge in [-0.1, -0.05) is 18.2 Å². The average molecular weight is 232 g/mol. The summed E-state index contributed by atoms with van der Waals surface area (Å²) in [5.41, 5.74) is 1.54. The van der Waals surface area contributed by atoms with Crippen molar-refractivity contribution < 1.29 is 4.79 Å². The summed E-state index contributed by atoms with van der Waals surface area (Å²) in [6.45, 7) is 1.76. The van der Waals surface area contributed by atoms with Crippen molar-refractivity contribution in [2.45, 2.75) is 42.8 Å². The molecular weight excluding hydrogens is 216 g/mol. The zero-order valence-corrected chi connectivity index (χ0v) is 10.3. The Bertz CT molecular complexity index is 409. The topological polar surface area (TPSA) is 17.1 Å². The summed E-state index contributed by atoms with van der Waals surface area (Å²) < 4.78 is 0. The maximum absolute atomic E-state index is 11.6. The van der Waals surface area contributed by atoms with Gasteiger partial charge in [-0.25, -0.2) is 0 Å². The molecule has 1 nitrogen and oxygen atoms in total. The van der Waals surface area contributed by atoms with Gasteiger partial charge in [-0.2, -0.15) is 0 Å². The van der Waals surface area contributed by atoms with E-state index in [-0.39, 0.29) is 5.41 Å². The molecule has 2 aliphatic rings. The van der Waals surface area contributed by atoms with Gasteiger partial charge in [0.1, 0.15) is 5.78 Å². The van der Waals surface area contributed by atoms with Crippen LogP contribution in [-0.2, 0) is 11.2 Å². The first-order valence-corrected chi connectivity index (χ1v) is 6.83. The Balaban J connectivity index is 1.71. The molecule has 0 bridgehead atoms. The van der Waals surface area contributed by atoms with Gasteiger partial charge >= 0.3 is 0 Å². The van der Waals surface area contributed by atoms with E-state index in [1.165, 1.54) is 10.5 Å². The van der Waals surface area contributed by atoms with Gasteiger partial charge in [0, 0.05) is 15.6 Å². The number of Topliss-reactive ketones (excluding diaryl/α,β-unsaturated/α-hetero) is 1. The Morgan fingerprint density at radius 2 is 2.19 bits per heavy atom. The van der Waals surface area contributed by atoms with Crippen molar-refractivity contribution in [1.82, 2.24) is 0 Å². The van der Waals surface area contributed by atoms with Gasteiger partial charge in [-0.15, -0.1) is 11.8 Å². The average Bonchev–Trinajstić information content (AvgIpc) is 2.92. The molecule has 0 saturated heterocycles. The Kier molecular flexibility index (Phi) is 2.36. The molecule has 0 aromatic heterocycles. The number of carbonyl (C=O) groups excluding carboxylic acids is 1. The summed E-state index contributed by atoms with van der Waals surface area (Å²) in [5.74, 6) is 0.407. The monoisotopic (exact) mass is 232 g/mol. The number of hydrogen-bond donors (Lipinski definition) is 0. The molecule has 16 heavy (non-hydrogen) atoms. The molecule has 0 amide bonds. The van der Waals surface area contributed by atoms with E-state index in [0.29, 0.717) is 11.0 Å². The minimum absolute atomic E-state index is 0.0692. The summed E-state index contributed by atoms with van der Waals surface area (Å²) in [5, 5.41) is 0.629. The lowest BCUT2D eigenvalue weighted by Crippen LogP contribution is -2.18. The SMILES string of the molecule is CC(=O)C1(CC2Cc3ccccc3S2)CC1. The van der Waals surface area contributed by atoms with Crippen LogP contribution in [-0.4, -0.2) is 11.0 Å². The normalized spacial score (nSPS) is 25.2. The molecule has 1 unspecified atom stereocenters. The van der Waals surface area contributed by atoms with Gasteiger partial charge in [0.15, 0.2) is 0 Å². The molecule has 0 radical (unpaired) electrons. The number of ketones is 1. The zero-order valence-electron chi connectivity index (χ0n) is 9.53. The van der Waals surface area contributed by atoms with Crippen molar-refractivity contribution >= 4 is 17.5 Å². The lowest BCUT2D eigenvalue weighted by atomic mass is 9.93. The summed E-state index contributed by atoms with van der Waals surface area (Å²) in [7, 11) is 0. The highest BCUT2D eigenvalue weighted by Gasteiger charge is 2.48. The van der Waals surface area contributed by atoms with Crippen LogP contribution in [0.25, 0.3) is 0 Å². The smallest absolute Gasteiger partial charge is 0.136 e. The van der Waals surface area contributed by atoms with E-state index in [9.17, 15) is 4.79 Å². The van der Waals surface area contributed by atoms with Crippen molar-refractivity contribution in [2.75, 3.05) is 0 Å². The van der Waals surface area contributed by atoms with E-state index >= 15 is 0 Å². The Morgan fingerprint density at radius 1 is 1.44 bits per heavy atom. The van der Waals surface area contributed by atoms with E-state index in [2.05, 4.69) is 24.3 Å². The van der Waals surface area contributed by atoms with Gasteiger partial charge in [-0.3, -0.25) is 4.79 Å². The van der Waals surface area contributed by atoms with Crippen LogP contribution in [0, 0.1) is 5.41 Å². The number of fused-ring (bicyclic) bond motifs is 1. The molecular formula is C14H16OS. The second-order valence-electron chi connectivity index (χ2n) is 5.09. The third kappa shape index (κ3) is 1.69. The van der Waals surface area contributed by atoms with E-state index in [1.807, 2.05) is 11.8 Å². The number of hydrogen-bond acceptors (Lipinski definition) is 2. The fourth-order valence-corrected chi connectivity index (χ4v) is 4.14. The maximum atomic E-state index is 11.6. The molecule has 3 rings (SSSR count). The molecule has 1 aromatic rings. The van der Waals surface area contributed by atoms with Crippen LogP contribution in [0.4, 0.5) is 0 Å². The molecule has 1 atom stereocenters. The molecule has 1 heterocycles. The first kappa shape index (κ1) is 10.4. The second-order valence-corrected chi connectivity index (χ2v) is 6.43. The van der Waals surface area contributed by atoms with Crippen LogP contribution in [0.3, 0.4) is 0 Å². The molecule has 0 N–H and O–H groups in total. The van der Waals surface area contributed by atoms with Gasteiger partial charge in [0.25, 0.3) is 0 Å². The van der Waals surface area contributed by atoms with E-state index in [0.717, 1.165) is 25.7 Å². The first-order valence-electron chi connectivity index (χ1n) is 5.95. The van der Waals surface area contributed by atoms with Crippen LogP contribution < -0.4 is 0 Å². The van der Waals surface area contributed by atoms with Gasteiger partial charge in [-0.05, 0) is 44.2 Å². The second kappa shape index (κ2) is 3.63. The third-order valence-corrected chi connectivity index (χ3v) is 5.25. The predicted octanol–water partition coefficient (Wildman–Crippen LogP) is 3.46.